The van der Waals surface area contributed by atoms with Crippen molar-refractivity contribution in [3.8, 4) is 73.1 Å². The van der Waals surface area contributed by atoms with Crippen LogP contribution in [0, 0.1) is 0 Å². The van der Waals surface area contributed by atoms with Crippen LogP contribution >= 0.6 is 0 Å². The molecule has 0 fully saturated rings. The molecule has 0 saturated carbocycles. The van der Waals surface area contributed by atoms with E-state index in [2.05, 4.69) is 347 Å². The fraction of sp³-hybridized carbons (Fsp3) is 0. The highest BCUT2D eigenvalue weighted by molar-refractivity contribution is 7.20. The predicted molar refractivity (Wildman–Crippen MR) is 375 cm³/mol. The van der Waals surface area contributed by atoms with Gasteiger partial charge in [0.1, 0.15) is 11.5 Å². The Bertz CT molecular complexity index is 5130. The zero-order chi connectivity index (χ0) is 58.6. The molecule has 0 aliphatic carbocycles. The first-order valence-corrected chi connectivity index (χ1v) is 32.6. The summed E-state index contributed by atoms with van der Waals surface area (Å²) < 4.78 is 14.5. The summed E-state index contributed by atoms with van der Waals surface area (Å²) in [5.74, 6) is 1.81. The zero-order valence-corrected chi connectivity index (χ0v) is 49.5. The molecule has 0 bridgehead atoms. The molecule has 1 aliphatic rings. The number of rotatable bonds is 9. The van der Waals surface area contributed by atoms with E-state index < -0.39 is 8.07 Å². The largest absolute Gasteiger partial charge is 0.458 e. The van der Waals surface area contributed by atoms with Crippen molar-refractivity contribution in [2.75, 3.05) is 0 Å². The lowest BCUT2D eigenvalue weighted by Crippen LogP contribution is -2.76. The summed E-state index contributed by atoms with van der Waals surface area (Å²) >= 11 is 0. The minimum absolute atomic E-state index is 0.895. The van der Waals surface area contributed by atoms with Crippen molar-refractivity contribution in [3.05, 3.63) is 334 Å². The van der Waals surface area contributed by atoms with Crippen LogP contribution in [0.25, 0.3) is 127 Å². The quantitative estimate of drug-likeness (QED) is 0.132. The van der Waals surface area contributed by atoms with E-state index in [-0.39, 0.29) is 0 Å². The number of hydrogen-bond acceptors (Lipinski definition) is 1. The van der Waals surface area contributed by atoms with Crippen LogP contribution < -0.4 is 25.5 Å². The molecule has 4 nitrogen and oxygen atoms in total. The van der Waals surface area contributed by atoms with Gasteiger partial charge in [-0.25, -0.2) is 0 Å². The zero-order valence-electron chi connectivity index (χ0n) is 48.5. The lowest BCUT2D eigenvalue weighted by atomic mass is 10.0. The second kappa shape index (κ2) is 20.3. The van der Waals surface area contributed by atoms with E-state index >= 15 is 0 Å². The van der Waals surface area contributed by atoms with E-state index in [0.717, 1.165) is 72.4 Å². The van der Waals surface area contributed by atoms with Gasteiger partial charge in [-0.2, -0.15) is 0 Å². The molecule has 3 aromatic heterocycles. The van der Waals surface area contributed by atoms with Crippen LogP contribution in [0.1, 0.15) is 0 Å². The van der Waals surface area contributed by atoms with Gasteiger partial charge in [0.15, 0.2) is 8.07 Å². The summed E-state index contributed by atoms with van der Waals surface area (Å²) in [7, 11) is -3.00. The van der Waals surface area contributed by atoms with E-state index in [4.69, 9.17) is 4.74 Å². The first kappa shape index (κ1) is 50.8. The van der Waals surface area contributed by atoms with E-state index in [9.17, 15) is 0 Å². The molecule has 1 aliphatic heterocycles. The number of nitrogens with zero attached hydrogens (tertiary/aromatic N) is 3. The smallest absolute Gasteiger partial charge is 0.188 e. The number of fused-ring (bicyclic) bond motifs is 11. The lowest BCUT2D eigenvalue weighted by molar-refractivity contribution is 0.487. The van der Waals surface area contributed by atoms with Crippen molar-refractivity contribution in [2.45, 2.75) is 0 Å². The number of ether oxygens (including phenoxy) is 1. The Morgan fingerprint density at radius 2 is 0.483 bits per heavy atom. The van der Waals surface area contributed by atoms with Crippen molar-refractivity contribution in [1.82, 2.24) is 13.7 Å². The molecular weight excluding hydrogens is 1100 g/mol. The van der Waals surface area contributed by atoms with Gasteiger partial charge in [0.05, 0.1) is 33.1 Å². The number of benzene rings is 14. The summed E-state index contributed by atoms with van der Waals surface area (Å²) in [5, 5.41) is 12.3. The van der Waals surface area contributed by atoms with Gasteiger partial charge < -0.3 is 18.4 Å². The number of hydrogen-bond donors (Lipinski definition) is 0. The van der Waals surface area contributed by atoms with E-state index in [1.165, 1.54) is 86.8 Å². The molecule has 0 amide bonds. The molecule has 0 radical (unpaired) electrons. The average Bonchev–Trinajstić information content (AvgIpc) is 1.86. The van der Waals surface area contributed by atoms with Crippen LogP contribution in [0.4, 0.5) is 0 Å². The molecule has 14 aromatic carbocycles. The average molecular weight is 1150 g/mol. The van der Waals surface area contributed by atoms with Gasteiger partial charge in [0, 0.05) is 49.4 Å². The first-order chi connectivity index (χ1) is 44.1. The monoisotopic (exact) mass is 1150 g/mol. The van der Waals surface area contributed by atoms with Crippen LogP contribution in [-0.2, 0) is 0 Å². The summed E-state index contributed by atoms with van der Waals surface area (Å²) in [6, 6.07) is 123. The maximum absolute atomic E-state index is 7.03. The summed E-state index contributed by atoms with van der Waals surface area (Å²) in [6.45, 7) is 0. The van der Waals surface area contributed by atoms with E-state index in [1.807, 2.05) is 0 Å². The lowest BCUT2D eigenvalue weighted by Gasteiger charge is -2.39. The highest BCUT2D eigenvalue weighted by atomic mass is 28.3. The van der Waals surface area contributed by atoms with Crippen molar-refractivity contribution in [1.29, 1.82) is 0 Å². The molecule has 17 aromatic rings. The normalized spacial score (nSPS) is 12.7. The standard InChI is InChI=1S/C84H55N3OSi/c1-7-21-56(22-8-1)60-35-42-75-69(49-60)70-50-61(57-23-9-2-10-24-57)36-43-76(70)85(75)64-39-46-79-73(53-64)74-54-65(86-77-44-37-62(58-25-11-3-12-26-58)51-71(77)72-52-63(38-45-78(72)86)59-27-13-4-14-28-59)40-47-80(74)87(79)66-41-48-82-84(55-66)89(67-29-15-5-16-30-67,68-31-17-6-18-32-68)83-34-20-19-33-81(83)88-82/h1-55H. The van der Waals surface area contributed by atoms with Gasteiger partial charge in [-0.3, -0.25) is 0 Å². The SMILES string of the molecule is c1ccc(-c2ccc3c(c2)c2cc(-c4ccccc4)ccc2n3-c2ccc3c(c2)c2cc(-n4c5ccc(-c6ccccc6)cc5c5cc(-c6ccccc6)ccc54)ccc2n3-c2ccc3c(c2)[Si](c2ccccc2)(c2ccccc2)c2ccccc2O3)cc1. The summed E-state index contributed by atoms with van der Waals surface area (Å²) in [6.07, 6.45) is 0. The Morgan fingerprint density at radius 1 is 0.202 bits per heavy atom. The molecule has 0 atom stereocenters. The molecule has 0 N–H and O–H groups in total. The van der Waals surface area contributed by atoms with Crippen LogP contribution in [0.3, 0.4) is 0 Å². The molecule has 0 saturated heterocycles. The Kier molecular flexibility index (Phi) is 11.6. The van der Waals surface area contributed by atoms with Crippen LogP contribution in [0.2, 0.25) is 0 Å². The Morgan fingerprint density at radius 3 is 0.854 bits per heavy atom. The molecule has 4 heterocycles. The molecule has 416 valence electrons. The minimum Gasteiger partial charge on any atom is -0.458 e. The molecule has 0 spiro atoms. The third-order valence-corrected chi connectivity index (χ3v) is 23.6. The second-order valence-corrected chi connectivity index (χ2v) is 27.3. The topological polar surface area (TPSA) is 24.0 Å². The van der Waals surface area contributed by atoms with E-state index in [1.54, 1.807) is 0 Å². The maximum Gasteiger partial charge on any atom is 0.188 e. The molecule has 18 rings (SSSR count). The predicted octanol–water partition coefficient (Wildman–Crippen LogP) is 19.1. The minimum atomic E-state index is -3.00. The third-order valence-electron chi connectivity index (χ3n) is 18.8. The van der Waals surface area contributed by atoms with E-state index in [0.29, 0.717) is 0 Å². The number of para-hydroxylation sites is 1. The van der Waals surface area contributed by atoms with Crippen LogP contribution in [0.15, 0.2) is 334 Å². The van der Waals surface area contributed by atoms with Gasteiger partial charge in [-0.15, -0.1) is 0 Å². The van der Waals surface area contributed by atoms with Gasteiger partial charge in [-0.05, 0) is 174 Å². The fourth-order valence-corrected chi connectivity index (χ4v) is 19.7. The molecule has 0 unspecified atom stereocenters. The van der Waals surface area contributed by atoms with Crippen LogP contribution in [-0.4, -0.2) is 21.8 Å². The van der Waals surface area contributed by atoms with Gasteiger partial charge in [0.25, 0.3) is 0 Å². The summed E-state index contributed by atoms with van der Waals surface area (Å²) in [5.41, 5.74) is 19.7. The van der Waals surface area contributed by atoms with Crippen LogP contribution in [0.5, 0.6) is 11.5 Å². The highest BCUT2D eigenvalue weighted by Crippen LogP contribution is 2.43. The first-order valence-electron chi connectivity index (χ1n) is 30.6. The maximum atomic E-state index is 7.03. The summed E-state index contributed by atoms with van der Waals surface area (Å²) in [4.78, 5) is 0. The van der Waals surface area contributed by atoms with Gasteiger partial charge in [-0.1, -0.05) is 224 Å². The molecule has 89 heavy (non-hydrogen) atoms. The Balaban J connectivity index is 0.905. The van der Waals surface area contributed by atoms with Crippen molar-refractivity contribution >= 4 is 94.2 Å². The Hall–Kier alpha value is -11.5. The van der Waals surface area contributed by atoms with Crippen molar-refractivity contribution < 1.29 is 4.74 Å². The van der Waals surface area contributed by atoms with Crippen molar-refractivity contribution in [3.63, 3.8) is 0 Å². The molecule has 5 heteroatoms. The highest BCUT2D eigenvalue weighted by Gasteiger charge is 2.48. The second-order valence-electron chi connectivity index (χ2n) is 23.6. The van der Waals surface area contributed by atoms with Gasteiger partial charge >= 0.3 is 0 Å². The molecular formula is C84H55N3OSi. The third kappa shape index (κ3) is 7.99. The fourth-order valence-electron chi connectivity index (χ4n) is 14.7. The number of aromatic nitrogens is 3. The Labute approximate surface area is 516 Å². The van der Waals surface area contributed by atoms with Gasteiger partial charge in [0.2, 0.25) is 0 Å². The van der Waals surface area contributed by atoms with Crippen molar-refractivity contribution in [2.24, 2.45) is 0 Å².